The highest BCUT2D eigenvalue weighted by Crippen LogP contribution is 2.30. The third-order valence-corrected chi connectivity index (χ3v) is 16.7. The van der Waals surface area contributed by atoms with Crippen LogP contribution < -0.4 is 26.6 Å². The van der Waals surface area contributed by atoms with Gasteiger partial charge in [0.1, 0.15) is 18.7 Å². The number of aliphatic hydroxyl groups is 1. The molecule has 1 aliphatic rings. The van der Waals surface area contributed by atoms with Crippen molar-refractivity contribution in [2.45, 2.75) is 142 Å². The van der Waals surface area contributed by atoms with E-state index in [1.807, 2.05) is 59.7 Å². The fourth-order valence-corrected chi connectivity index (χ4v) is 10.9. The Balaban J connectivity index is 1.85. The van der Waals surface area contributed by atoms with E-state index in [9.17, 15) is 48.3 Å². The van der Waals surface area contributed by atoms with Crippen LogP contribution in [0.15, 0.2) is 30.3 Å². The standard InChI is InChI=1S/C61H103Br2N9O16/c1-13-42(6)56(47(83-11)36-52(77)72-26-17-20-46(72)58(84-12)43(7)59(80)67-44(8)57(79)45-18-15-14-16-19-45)70(10)61(82)54(40(2)3)68-60(81)55(41(4)5)69(9)53(78)39-88-35-34-87-33-32-86-31-30-85-29-25-66-48(73)21-22-51(76)71(27-23-64-49(74)37-62)28-24-65-50(75)38-63/h14-16,18-19,40-44,46-47,54-58,79H,13,17,20-39H2,1-12H3,(H,64,74)(H,65,75)(H,66,73)(H,67,80)(H,68,81)/t42?,43?,44-,46?,47?,54?,55?,56?,57-,58?/m0/s1. The van der Waals surface area contributed by atoms with E-state index >= 15 is 0 Å². The third kappa shape index (κ3) is 27.7. The molecule has 1 aromatic carbocycles. The summed E-state index contributed by atoms with van der Waals surface area (Å²) in [6.07, 6.45) is -0.490. The van der Waals surface area contributed by atoms with Crippen molar-refractivity contribution in [3.05, 3.63) is 35.9 Å². The predicted molar refractivity (Wildman–Crippen MR) is 339 cm³/mol. The summed E-state index contributed by atoms with van der Waals surface area (Å²) in [5.41, 5.74) is 0.678. The summed E-state index contributed by atoms with van der Waals surface area (Å²) in [6.45, 7) is 17.6. The number of alkyl halides is 2. The summed E-state index contributed by atoms with van der Waals surface area (Å²) in [5, 5.41) is 25.2. The van der Waals surface area contributed by atoms with Crippen LogP contribution in [0, 0.1) is 23.7 Å². The van der Waals surface area contributed by atoms with E-state index in [1.165, 1.54) is 31.1 Å². The van der Waals surface area contributed by atoms with Gasteiger partial charge in [0, 0.05) is 80.4 Å². The second kappa shape index (κ2) is 43.8. The molecule has 10 atom stereocenters. The number of methoxy groups -OCH3 is 2. The van der Waals surface area contributed by atoms with E-state index in [-0.39, 0.29) is 175 Å². The largest absolute Gasteiger partial charge is 0.386 e. The van der Waals surface area contributed by atoms with Gasteiger partial charge in [0.2, 0.25) is 53.2 Å². The minimum absolute atomic E-state index is 0.0415. The number of rotatable bonds is 45. The van der Waals surface area contributed by atoms with Crippen LogP contribution >= 0.6 is 31.9 Å². The number of ether oxygens (including phenoxy) is 6. The molecule has 88 heavy (non-hydrogen) atoms. The lowest BCUT2D eigenvalue weighted by Gasteiger charge is -2.41. The van der Waals surface area contributed by atoms with Crippen molar-refractivity contribution < 1.29 is 76.7 Å². The Labute approximate surface area is 538 Å². The number of carbonyl (C=O) groups excluding carboxylic acids is 9. The van der Waals surface area contributed by atoms with Gasteiger partial charge in [-0.25, -0.2) is 0 Å². The molecule has 25 nitrogen and oxygen atoms in total. The summed E-state index contributed by atoms with van der Waals surface area (Å²) in [5.74, 6) is -4.41. The minimum Gasteiger partial charge on any atom is -0.386 e. The number of hydrogen-bond donors (Lipinski definition) is 6. The molecule has 0 bridgehead atoms. The summed E-state index contributed by atoms with van der Waals surface area (Å²) in [6, 6.07) is 5.57. The van der Waals surface area contributed by atoms with Crippen LogP contribution in [0.2, 0.25) is 0 Å². The summed E-state index contributed by atoms with van der Waals surface area (Å²) >= 11 is 6.15. The fraction of sp³-hybridized carbons (Fsp3) is 0.754. The number of amides is 9. The maximum Gasteiger partial charge on any atom is 0.249 e. The lowest BCUT2D eigenvalue weighted by atomic mass is 9.89. The fourth-order valence-electron chi connectivity index (χ4n) is 10.5. The van der Waals surface area contributed by atoms with Crippen LogP contribution in [0.25, 0.3) is 0 Å². The molecule has 1 aromatic rings. The van der Waals surface area contributed by atoms with Crippen LogP contribution in [0.5, 0.6) is 0 Å². The molecule has 1 heterocycles. The molecular weight excluding hydrogens is 1270 g/mol. The van der Waals surface area contributed by atoms with Gasteiger partial charge in [-0.3, -0.25) is 43.2 Å². The second-order valence-electron chi connectivity index (χ2n) is 22.8. The molecule has 6 N–H and O–H groups in total. The number of nitrogens with zero attached hydrogens (tertiary/aromatic N) is 4. The summed E-state index contributed by atoms with van der Waals surface area (Å²) in [4.78, 5) is 125. The number of hydrogen-bond acceptors (Lipinski definition) is 16. The molecule has 0 spiro atoms. The second-order valence-corrected chi connectivity index (χ2v) is 23.9. The molecule has 502 valence electrons. The molecule has 27 heteroatoms. The molecular formula is C61H103Br2N9O16. The normalized spacial score (nSPS) is 16.3. The van der Waals surface area contributed by atoms with E-state index < -0.39 is 66.3 Å². The third-order valence-electron chi connectivity index (χ3n) is 15.7. The number of nitrogens with one attached hydrogen (secondary N) is 5. The number of benzene rings is 1. The SMILES string of the molecule is CCC(C)C(C(CC(=O)N1CCCC1C(OC)C(C)C(=O)N[C@@H](C)[C@H](O)c1ccccc1)OC)N(C)C(=O)C(NC(=O)C(C(C)C)N(C)C(=O)COCCOCCOCCOCCNC(=O)CCC(=O)N(CCNC(=O)CBr)CCNC(=O)CBr)C(C)C. The first kappa shape index (κ1) is 79.2. The first-order chi connectivity index (χ1) is 41.9. The van der Waals surface area contributed by atoms with E-state index in [1.54, 1.807) is 42.8 Å². The van der Waals surface area contributed by atoms with Crippen LogP contribution in [0.1, 0.15) is 106 Å². The number of halogens is 2. The van der Waals surface area contributed by atoms with Crippen molar-refractivity contribution in [2.75, 3.05) is 131 Å². The van der Waals surface area contributed by atoms with Crippen molar-refractivity contribution in [1.29, 1.82) is 0 Å². The van der Waals surface area contributed by atoms with Gasteiger partial charge in [-0.15, -0.1) is 0 Å². The molecule has 2 rings (SSSR count). The minimum atomic E-state index is -0.992. The van der Waals surface area contributed by atoms with E-state index in [2.05, 4.69) is 58.4 Å². The van der Waals surface area contributed by atoms with Crippen LogP contribution in [0.3, 0.4) is 0 Å². The number of likely N-dealkylation sites (N-methyl/N-ethyl adjacent to an activating group) is 2. The zero-order valence-electron chi connectivity index (χ0n) is 54.0. The quantitative estimate of drug-likeness (QED) is 0.0404. The molecule has 0 aliphatic carbocycles. The first-order valence-electron chi connectivity index (χ1n) is 30.6. The van der Waals surface area contributed by atoms with Gasteiger partial charge in [-0.2, -0.15) is 0 Å². The van der Waals surface area contributed by atoms with E-state index in [0.29, 0.717) is 31.4 Å². The van der Waals surface area contributed by atoms with Gasteiger partial charge in [0.15, 0.2) is 0 Å². The Hall–Kier alpha value is -4.87. The molecule has 0 aromatic heterocycles. The van der Waals surface area contributed by atoms with Crippen molar-refractivity contribution in [1.82, 2.24) is 46.2 Å². The molecule has 1 aliphatic heterocycles. The Bertz CT molecular complexity index is 2260. The predicted octanol–water partition coefficient (Wildman–Crippen LogP) is 2.58. The van der Waals surface area contributed by atoms with Crippen molar-refractivity contribution in [2.24, 2.45) is 23.7 Å². The Morgan fingerprint density at radius 2 is 1.23 bits per heavy atom. The Kier molecular flexibility index (Phi) is 39.4. The van der Waals surface area contributed by atoms with Gasteiger partial charge < -0.3 is 79.7 Å². The average Bonchev–Trinajstić information content (AvgIpc) is 2.79. The maximum atomic E-state index is 14.7. The molecule has 0 saturated carbocycles. The highest BCUT2D eigenvalue weighted by atomic mass is 79.9. The smallest absolute Gasteiger partial charge is 0.249 e. The lowest BCUT2D eigenvalue weighted by molar-refractivity contribution is -0.149. The molecule has 9 amide bonds. The zero-order valence-corrected chi connectivity index (χ0v) is 57.2. The van der Waals surface area contributed by atoms with Gasteiger partial charge in [0.05, 0.1) is 106 Å². The van der Waals surface area contributed by atoms with Gasteiger partial charge in [-0.1, -0.05) is 117 Å². The number of likely N-dealkylation sites (tertiary alicyclic amines) is 1. The van der Waals surface area contributed by atoms with Gasteiger partial charge in [0.25, 0.3) is 0 Å². The van der Waals surface area contributed by atoms with E-state index in [4.69, 9.17) is 28.4 Å². The molecule has 1 fully saturated rings. The Morgan fingerprint density at radius 3 is 1.75 bits per heavy atom. The Morgan fingerprint density at radius 1 is 0.670 bits per heavy atom. The van der Waals surface area contributed by atoms with Crippen molar-refractivity contribution in [3.63, 3.8) is 0 Å². The molecule has 0 radical (unpaired) electrons. The number of carbonyl (C=O) groups is 9. The van der Waals surface area contributed by atoms with Crippen LogP contribution in [0.4, 0.5) is 0 Å². The molecule has 8 unspecified atom stereocenters. The van der Waals surface area contributed by atoms with Gasteiger partial charge in [-0.05, 0) is 43.1 Å². The molecule has 1 saturated heterocycles. The van der Waals surface area contributed by atoms with Gasteiger partial charge >= 0.3 is 0 Å². The van der Waals surface area contributed by atoms with Crippen molar-refractivity contribution in [3.8, 4) is 0 Å². The van der Waals surface area contributed by atoms with Crippen LogP contribution in [-0.2, 0) is 71.6 Å². The first-order valence-corrected chi connectivity index (χ1v) is 32.9. The monoisotopic (exact) mass is 1380 g/mol. The van der Waals surface area contributed by atoms with Crippen LogP contribution in [-0.4, -0.2) is 251 Å². The zero-order chi connectivity index (χ0) is 65.9. The maximum absolute atomic E-state index is 14.7. The average molecular weight is 1380 g/mol. The van der Waals surface area contributed by atoms with Crippen molar-refractivity contribution >= 4 is 85.0 Å². The highest BCUT2D eigenvalue weighted by Gasteiger charge is 2.44. The summed E-state index contributed by atoms with van der Waals surface area (Å²) < 4.78 is 34.3. The number of aliphatic hydroxyl groups excluding tert-OH is 1. The topological polar surface area (TPSA) is 302 Å². The summed E-state index contributed by atoms with van der Waals surface area (Å²) in [7, 11) is 6.22. The lowest BCUT2D eigenvalue weighted by Crippen LogP contribution is -2.60. The van der Waals surface area contributed by atoms with E-state index in [0.717, 1.165) is 0 Å². The highest BCUT2D eigenvalue weighted by molar-refractivity contribution is 9.09.